The first-order chi connectivity index (χ1) is 19.8. The van der Waals surface area contributed by atoms with Crippen LogP contribution in [-0.2, 0) is 17.6 Å². The number of carbonyl (C=O) groups is 1. The van der Waals surface area contributed by atoms with Crippen LogP contribution in [-0.4, -0.2) is 28.3 Å². The van der Waals surface area contributed by atoms with E-state index in [0.717, 1.165) is 33.7 Å². The Hall–Kier alpha value is -4.84. The molecule has 0 spiro atoms. The molecule has 1 heterocycles. The second-order valence-electron chi connectivity index (χ2n) is 10.3. The minimum Gasteiger partial charge on any atom is -0.493 e. The van der Waals surface area contributed by atoms with E-state index in [1.165, 1.54) is 5.56 Å². The van der Waals surface area contributed by atoms with E-state index >= 15 is 0 Å². The van der Waals surface area contributed by atoms with Crippen LogP contribution in [0.1, 0.15) is 29.5 Å². The molecular weight excluding hydrogens is 514 g/mol. The number of oxazole rings is 1. The maximum Gasteiger partial charge on any atom is 0.348 e. The second-order valence-corrected chi connectivity index (χ2v) is 10.3. The normalized spacial score (nSPS) is 12.5. The molecule has 0 saturated heterocycles. The van der Waals surface area contributed by atoms with Crippen LogP contribution in [0.15, 0.2) is 108 Å². The van der Waals surface area contributed by atoms with Gasteiger partial charge in [0.2, 0.25) is 11.5 Å². The SMILES string of the molecule is Cc1cccc(OC(C)(Cc2ccc(OCCc3nc(-c4ccc(-c5ccccc5)cc4)oc3C)cc2)C(=O)O)c1. The average molecular weight is 548 g/mol. The van der Waals surface area contributed by atoms with E-state index in [1.807, 2.05) is 86.6 Å². The number of carboxylic acid groups (broad SMARTS) is 1. The molecule has 1 N–H and O–H groups in total. The Labute approximate surface area is 240 Å². The van der Waals surface area contributed by atoms with Gasteiger partial charge in [0.1, 0.15) is 17.3 Å². The first-order valence-corrected chi connectivity index (χ1v) is 13.6. The highest BCUT2D eigenvalue weighted by atomic mass is 16.5. The van der Waals surface area contributed by atoms with Gasteiger partial charge in [-0.25, -0.2) is 9.78 Å². The van der Waals surface area contributed by atoms with E-state index in [9.17, 15) is 9.90 Å². The highest BCUT2D eigenvalue weighted by Gasteiger charge is 2.36. The predicted molar refractivity (Wildman–Crippen MR) is 159 cm³/mol. The van der Waals surface area contributed by atoms with Gasteiger partial charge in [-0.2, -0.15) is 0 Å². The summed E-state index contributed by atoms with van der Waals surface area (Å²) in [5.74, 6) is 1.57. The second kappa shape index (κ2) is 12.1. The number of ether oxygens (including phenoxy) is 2. The summed E-state index contributed by atoms with van der Waals surface area (Å²) in [7, 11) is 0. The zero-order valence-corrected chi connectivity index (χ0v) is 23.5. The van der Waals surface area contributed by atoms with Crippen LogP contribution in [0.25, 0.3) is 22.6 Å². The number of hydrogen-bond acceptors (Lipinski definition) is 5. The monoisotopic (exact) mass is 547 g/mol. The van der Waals surface area contributed by atoms with Gasteiger partial charge >= 0.3 is 5.97 Å². The van der Waals surface area contributed by atoms with Gasteiger partial charge in [0.15, 0.2) is 0 Å². The number of aromatic nitrogens is 1. The molecule has 0 saturated carbocycles. The van der Waals surface area contributed by atoms with Crippen LogP contribution < -0.4 is 9.47 Å². The lowest BCUT2D eigenvalue weighted by Crippen LogP contribution is -2.43. The first-order valence-electron chi connectivity index (χ1n) is 13.6. The fourth-order valence-corrected chi connectivity index (χ4v) is 4.67. The lowest BCUT2D eigenvalue weighted by molar-refractivity contribution is -0.153. The molecule has 0 aliphatic rings. The summed E-state index contributed by atoms with van der Waals surface area (Å²) in [6.45, 7) is 5.88. The fourth-order valence-electron chi connectivity index (χ4n) is 4.67. The number of rotatable bonds is 11. The molecule has 4 aromatic carbocycles. The molecule has 1 unspecified atom stereocenters. The van der Waals surface area contributed by atoms with Gasteiger partial charge in [0.25, 0.3) is 0 Å². The number of carboxylic acids is 1. The van der Waals surface area contributed by atoms with Crippen LogP contribution in [0.4, 0.5) is 0 Å². The van der Waals surface area contributed by atoms with Crippen LogP contribution >= 0.6 is 0 Å². The van der Waals surface area contributed by atoms with Crippen LogP contribution in [0.5, 0.6) is 11.5 Å². The van der Waals surface area contributed by atoms with Gasteiger partial charge in [-0.05, 0) is 79.4 Å². The highest BCUT2D eigenvalue weighted by Crippen LogP contribution is 2.27. The van der Waals surface area contributed by atoms with Gasteiger partial charge in [-0.3, -0.25) is 0 Å². The minimum absolute atomic E-state index is 0.212. The lowest BCUT2D eigenvalue weighted by Gasteiger charge is -2.26. The number of nitrogens with zero attached hydrogens (tertiary/aromatic N) is 1. The van der Waals surface area contributed by atoms with Crippen molar-refractivity contribution in [1.29, 1.82) is 0 Å². The molecule has 1 atom stereocenters. The summed E-state index contributed by atoms with van der Waals surface area (Å²) in [5, 5.41) is 9.90. The summed E-state index contributed by atoms with van der Waals surface area (Å²) in [5.41, 5.74) is 4.53. The molecule has 0 amide bonds. The quantitative estimate of drug-likeness (QED) is 0.182. The third-order valence-electron chi connectivity index (χ3n) is 6.99. The van der Waals surface area contributed by atoms with Crippen LogP contribution in [0.2, 0.25) is 0 Å². The summed E-state index contributed by atoms with van der Waals surface area (Å²) in [6.07, 6.45) is 0.810. The minimum atomic E-state index is -1.40. The number of aliphatic carboxylic acids is 1. The maximum atomic E-state index is 12.1. The van der Waals surface area contributed by atoms with Crippen molar-refractivity contribution >= 4 is 5.97 Å². The molecule has 208 valence electrons. The van der Waals surface area contributed by atoms with Crippen LogP contribution in [0.3, 0.4) is 0 Å². The van der Waals surface area contributed by atoms with Crippen molar-refractivity contribution in [2.24, 2.45) is 0 Å². The molecule has 0 aliphatic heterocycles. The highest BCUT2D eigenvalue weighted by molar-refractivity contribution is 5.78. The fraction of sp³-hybridized carbons (Fsp3) is 0.200. The Morgan fingerprint density at radius 3 is 2.20 bits per heavy atom. The Morgan fingerprint density at radius 1 is 0.829 bits per heavy atom. The van der Waals surface area contributed by atoms with E-state index < -0.39 is 11.6 Å². The summed E-state index contributed by atoms with van der Waals surface area (Å²) >= 11 is 0. The zero-order chi connectivity index (χ0) is 28.8. The Morgan fingerprint density at radius 2 is 1.51 bits per heavy atom. The summed E-state index contributed by atoms with van der Waals surface area (Å²) in [4.78, 5) is 16.8. The summed E-state index contributed by atoms with van der Waals surface area (Å²) in [6, 6.07) is 33.3. The molecule has 1 aromatic heterocycles. The Bertz CT molecular complexity index is 1610. The molecule has 0 aliphatic carbocycles. The van der Waals surface area contributed by atoms with Crippen molar-refractivity contribution in [3.05, 3.63) is 126 Å². The maximum absolute atomic E-state index is 12.1. The van der Waals surface area contributed by atoms with Gasteiger partial charge < -0.3 is 19.0 Å². The van der Waals surface area contributed by atoms with Gasteiger partial charge in [-0.1, -0.05) is 66.7 Å². The number of benzene rings is 4. The van der Waals surface area contributed by atoms with E-state index in [-0.39, 0.29) is 6.42 Å². The lowest BCUT2D eigenvalue weighted by atomic mass is 9.96. The van der Waals surface area contributed by atoms with Crippen molar-refractivity contribution in [3.8, 4) is 34.1 Å². The van der Waals surface area contributed by atoms with Gasteiger partial charge in [0.05, 0.1) is 12.3 Å². The largest absolute Gasteiger partial charge is 0.493 e. The molecule has 5 aromatic rings. The number of aryl methyl sites for hydroxylation is 2. The first kappa shape index (κ1) is 27.7. The topological polar surface area (TPSA) is 81.8 Å². The van der Waals surface area contributed by atoms with E-state index in [0.29, 0.717) is 30.4 Å². The zero-order valence-electron chi connectivity index (χ0n) is 23.5. The molecule has 6 heteroatoms. The third kappa shape index (κ3) is 6.84. The van der Waals surface area contributed by atoms with Crippen molar-refractivity contribution in [2.45, 2.75) is 39.2 Å². The molecule has 6 nitrogen and oxygen atoms in total. The average Bonchev–Trinajstić information content (AvgIpc) is 3.34. The van der Waals surface area contributed by atoms with E-state index in [1.54, 1.807) is 13.0 Å². The van der Waals surface area contributed by atoms with E-state index in [4.69, 9.17) is 18.9 Å². The standard InChI is InChI=1S/C35H33NO5/c1-24-8-7-11-31(22-24)41-35(3,34(37)38)23-26-12-18-30(19-13-26)39-21-20-32-25(2)40-33(36-32)29-16-14-28(15-17-29)27-9-5-4-6-10-27/h4-19,22H,20-21,23H2,1-3H3,(H,37,38). The van der Waals surface area contributed by atoms with Crippen molar-refractivity contribution in [1.82, 2.24) is 4.98 Å². The Kier molecular flexibility index (Phi) is 8.20. The molecule has 5 rings (SSSR count). The molecule has 0 radical (unpaired) electrons. The third-order valence-corrected chi connectivity index (χ3v) is 6.99. The van der Waals surface area contributed by atoms with E-state index in [2.05, 4.69) is 24.3 Å². The summed E-state index contributed by atoms with van der Waals surface area (Å²) < 4.78 is 17.8. The van der Waals surface area contributed by atoms with Gasteiger partial charge in [-0.15, -0.1) is 0 Å². The van der Waals surface area contributed by atoms with Crippen molar-refractivity contribution < 1.29 is 23.8 Å². The predicted octanol–water partition coefficient (Wildman–Crippen LogP) is 7.71. The molecule has 0 bridgehead atoms. The van der Waals surface area contributed by atoms with Crippen LogP contribution in [0, 0.1) is 13.8 Å². The molecular formula is C35H33NO5. The van der Waals surface area contributed by atoms with Crippen molar-refractivity contribution in [2.75, 3.05) is 6.61 Å². The smallest absolute Gasteiger partial charge is 0.348 e. The number of hydrogen-bond donors (Lipinski definition) is 1. The molecule has 0 fully saturated rings. The van der Waals surface area contributed by atoms with Gasteiger partial charge in [0, 0.05) is 18.4 Å². The molecule has 41 heavy (non-hydrogen) atoms. The van der Waals surface area contributed by atoms with Crippen molar-refractivity contribution in [3.63, 3.8) is 0 Å². The Balaban J connectivity index is 1.17.